The van der Waals surface area contributed by atoms with Gasteiger partial charge in [0, 0.05) is 12.7 Å². The molecule has 0 saturated carbocycles. The van der Waals surface area contributed by atoms with Crippen molar-refractivity contribution in [2.24, 2.45) is 5.92 Å². The topological polar surface area (TPSA) is 76.9 Å². The lowest BCUT2D eigenvalue weighted by Gasteiger charge is -2.13. The molecule has 138 valence electrons. The number of pyridine rings is 1. The van der Waals surface area contributed by atoms with Gasteiger partial charge in [0.2, 0.25) is 10.0 Å². The minimum Gasteiger partial charge on any atom is -0.311 e. The Morgan fingerprint density at radius 3 is 2.69 bits per heavy atom. The summed E-state index contributed by atoms with van der Waals surface area (Å²) in [5.41, 5.74) is 3.18. The molecule has 7 heteroatoms. The lowest BCUT2D eigenvalue weighted by Crippen LogP contribution is -2.26. The number of aromatic nitrogens is 3. The van der Waals surface area contributed by atoms with Crippen LogP contribution in [0.1, 0.15) is 30.8 Å². The van der Waals surface area contributed by atoms with Crippen molar-refractivity contribution in [3.63, 3.8) is 0 Å². The molecule has 0 aliphatic heterocycles. The molecule has 0 fully saturated rings. The van der Waals surface area contributed by atoms with Crippen LogP contribution < -0.4 is 4.72 Å². The van der Waals surface area contributed by atoms with Crippen molar-refractivity contribution >= 4 is 21.2 Å². The summed E-state index contributed by atoms with van der Waals surface area (Å²) in [5.74, 6) is 1.06. The molecule has 2 heterocycles. The van der Waals surface area contributed by atoms with Gasteiger partial charge in [-0.25, -0.2) is 23.1 Å². The van der Waals surface area contributed by atoms with E-state index in [1.807, 2.05) is 35.8 Å². The summed E-state index contributed by atoms with van der Waals surface area (Å²) in [6, 6.07) is 9.14. The van der Waals surface area contributed by atoms with E-state index in [0.717, 1.165) is 28.8 Å². The van der Waals surface area contributed by atoms with Crippen LogP contribution >= 0.6 is 0 Å². The van der Waals surface area contributed by atoms with Gasteiger partial charge in [0.1, 0.15) is 11.3 Å². The van der Waals surface area contributed by atoms with Gasteiger partial charge in [-0.1, -0.05) is 26.0 Å². The summed E-state index contributed by atoms with van der Waals surface area (Å²) >= 11 is 0. The first-order valence-electron chi connectivity index (χ1n) is 8.65. The molecule has 0 radical (unpaired) electrons. The average molecular weight is 372 g/mol. The van der Waals surface area contributed by atoms with Gasteiger partial charge < -0.3 is 4.57 Å². The maximum absolute atomic E-state index is 12.8. The Balaban J connectivity index is 1.93. The second kappa shape index (κ2) is 7.17. The summed E-state index contributed by atoms with van der Waals surface area (Å²) in [6.45, 7) is 8.75. The molecule has 3 rings (SSSR count). The van der Waals surface area contributed by atoms with Crippen molar-refractivity contribution < 1.29 is 8.42 Å². The number of hydrogen-bond acceptors (Lipinski definition) is 4. The van der Waals surface area contributed by atoms with Crippen molar-refractivity contribution in [1.82, 2.24) is 19.3 Å². The Morgan fingerprint density at radius 2 is 1.96 bits per heavy atom. The second-order valence-corrected chi connectivity index (χ2v) is 8.71. The zero-order valence-corrected chi connectivity index (χ0v) is 16.3. The summed E-state index contributed by atoms with van der Waals surface area (Å²) in [6.07, 6.45) is 1.73. The fourth-order valence-electron chi connectivity index (χ4n) is 2.93. The number of benzene rings is 1. The molecule has 0 aliphatic rings. The molecule has 2 aromatic heterocycles. The summed E-state index contributed by atoms with van der Waals surface area (Å²) in [5, 5.41) is 0. The molecule has 0 aliphatic carbocycles. The Morgan fingerprint density at radius 1 is 1.19 bits per heavy atom. The minimum absolute atomic E-state index is 0.124. The Labute approximate surface area is 154 Å². The Hall–Kier alpha value is -2.25. The fraction of sp³-hybridized carbons (Fsp3) is 0.368. The molecule has 0 spiro atoms. The Bertz CT molecular complexity index is 1040. The number of sulfonamides is 1. The number of aryl methyl sites for hydroxylation is 2. The predicted molar refractivity (Wildman–Crippen MR) is 102 cm³/mol. The van der Waals surface area contributed by atoms with Crippen molar-refractivity contribution in [3.05, 3.63) is 53.5 Å². The van der Waals surface area contributed by atoms with Gasteiger partial charge in [0.15, 0.2) is 5.65 Å². The first kappa shape index (κ1) is 18.5. The molecule has 26 heavy (non-hydrogen) atoms. The van der Waals surface area contributed by atoms with Crippen LogP contribution in [-0.4, -0.2) is 23.0 Å². The van der Waals surface area contributed by atoms with Crippen LogP contribution in [0, 0.1) is 19.8 Å². The standard InChI is InChI=1S/C19H24N4O2S/c1-13(2)12-23-18(22-16-6-5-9-20-19(16)23)11-21-26(24,25)17-10-14(3)7-8-15(17)4/h5-10,13,21H,11-12H2,1-4H3. The normalized spacial score (nSPS) is 12.2. The van der Waals surface area contributed by atoms with Crippen LogP contribution in [0.15, 0.2) is 41.4 Å². The SMILES string of the molecule is Cc1ccc(C)c(S(=O)(=O)NCc2nc3cccnc3n2CC(C)C)c1. The predicted octanol–water partition coefficient (Wildman–Crippen LogP) is 3.18. The largest absolute Gasteiger partial charge is 0.311 e. The van der Waals surface area contributed by atoms with Crippen LogP contribution in [0.25, 0.3) is 11.2 Å². The van der Waals surface area contributed by atoms with Gasteiger partial charge in [-0.3, -0.25) is 0 Å². The molecular weight excluding hydrogens is 348 g/mol. The van der Waals surface area contributed by atoms with Crippen LogP contribution in [0.2, 0.25) is 0 Å². The summed E-state index contributed by atoms with van der Waals surface area (Å²) in [4.78, 5) is 9.29. The van der Waals surface area contributed by atoms with Crippen molar-refractivity contribution in [2.45, 2.75) is 45.7 Å². The molecule has 0 bridgehead atoms. The number of fused-ring (bicyclic) bond motifs is 1. The lowest BCUT2D eigenvalue weighted by atomic mass is 10.2. The molecule has 0 unspecified atom stereocenters. The van der Waals surface area contributed by atoms with Gasteiger partial charge in [-0.15, -0.1) is 0 Å². The van der Waals surface area contributed by atoms with Crippen LogP contribution in [-0.2, 0) is 23.1 Å². The zero-order valence-electron chi connectivity index (χ0n) is 15.5. The van der Waals surface area contributed by atoms with E-state index in [2.05, 4.69) is 28.5 Å². The van der Waals surface area contributed by atoms with Crippen LogP contribution in [0.5, 0.6) is 0 Å². The van der Waals surface area contributed by atoms with Gasteiger partial charge >= 0.3 is 0 Å². The van der Waals surface area contributed by atoms with E-state index >= 15 is 0 Å². The lowest BCUT2D eigenvalue weighted by molar-refractivity contribution is 0.510. The monoisotopic (exact) mass is 372 g/mol. The number of rotatable bonds is 6. The number of nitrogens with one attached hydrogen (secondary N) is 1. The van der Waals surface area contributed by atoms with E-state index in [4.69, 9.17) is 0 Å². The first-order chi connectivity index (χ1) is 12.3. The number of imidazole rings is 1. The van der Waals surface area contributed by atoms with Crippen molar-refractivity contribution in [2.75, 3.05) is 0 Å². The molecule has 0 atom stereocenters. The van der Waals surface area contributed by atoms with Gasteiger partial charge in [-0.2, -0.15) is 0 Å². The van der Waals surface area contributed by atoms with E-state index in [9.17, 15) is 8.42 Å². The zero-order chi connectivity index (χ0) is 18.9. The highest BCUT2D eigenvalue weighted by molar-refractivity contribution is 7.89. The smallest absolute Gasteiger partial charge is 0.241 e. The van der Waals surface area contributed by atoms with Crippen LogP contribution in [0.4, 0.5) is 0 Å². The summed E-state index contributed by atoms with van der Waals surface area (Å²) in [7, 11) is -3.62. The van der Waals surface area contributed by atoms with E-state index in [1.165, 1.54) is 0 Å². The molecule has 1 aromatic carbocycles. The van der Waals surface area contributed by atoms with Gasteiger partial charge in [0.25, 0.3) is 0 Å². The molecule has 0 amide bonds. The second-order valence-electron chi connectivity index (χ2n) is 6.97. The maximum Gasteiger partial charge on any atom is 0.241 e. The number of nitrogens with zero attached hydrogens (tertiary/aromatic N) is 3. The highest BCUT2D eigenvalue weighted by Crippen LogP contribution is 2.19. The minimum atomic E-state index is -3.62. The molecule has 0 saturated heterocycles. The third-order valence-corrected chi connectivity index (χ3v) is 5.73. The molecule has 1 N–H and O–H groups in total. The highest BCUT2D eigenvalue weighted by atomic mass is 32.2. The van der Waals surface area contributed by atoms with Gasteiger partial charge in [0.05, 0.1) is 11.4 Å². The maximum atomic E-state index is 12.8. The molecule has 3 aromatic rings. The van der Waals surface area contributed by atoms with Crippen molar-refractivity contribution in [3.8, 4) is 0 Å². The van der Waals surface area contributed by atoms with Gasteiger partial charge in [-0.05, 0) is 49.1 Å². The highest BCUT2D eigenvalue weighted by Gasteiger charge is 2.19. The van der Waals surface area contributed by atoms with Crippen molar-refractivity contribution in [1.29, 1.82) is 0 Å². The third-order valence-electron chi connectivity index (χ3n) is 4.18. The Kier molecular flexibility index (Phi) is 5.11. The fourth-order valence-corrected chi connectivity index (χ4v) is 4.24. The van der Waals surface area contributed by atoms with E-state index in [0.29, 0.717) is 16.6 Å². The quantitative estimate of drug-likeness (QED) is 0.721. The average Bonchev–Trinajstić information content (AvgIpc) is 2.92. The summed E-state index contributed by atoms with van der Waals surface area (Å²) < 4.78 is 30.2. The van der Waals surface area contributed by atoms with E-state index in [1.54, 1.807) is 19.2 Å². The first-order valence-corrected chi connectivity index (χ1v) is 10.1. The van der Waals surface area contributed by atoms with E-state index < -0.39 is 10.0 Å². The number of hydrogen-bond donors (Lipinski definition) is 1. The molecular formula is C19H24N4O2S. The molecule has 6 nitrogen and oxygen atoms in total. The van der Waals surface area contributed by atoms with E-state index in [-0.39, 0.29) is 6.54 Å². The van der Waals surface area contributed by atoms with Crippen LogP contribution in [0.3, 0.4) is 0 Å². The third kappa shape index (κ3) is 3.78.